The Morgan fingerprint density at radius 3 is 2.28 bits per heavy atom. The number of aromatic nitrogens is 1. The van der Waals surface area contributed by atoms with E-state index in [0.29, 0.717) is 5.46 Å². The van der Waals surface area contributed by atoms with Gasteiger partial charge >= 0.3 is 7.12 Å². The second-order valence-electron chi connectivity index (χ2n) is 7.69. The standard InChI is InChI=1S/C16H27BN2O5S/c1-11(2)10-25(20,21)19-13-8-12(9-18-14(13)22-7)17-23-15(3,4)16(5,6)24-17/h8-9,11,19H,10H2,1-7H3. The van der Waals surface area contributed by atoms with Gasteiger partial charge in [-0.1, -0.05) is 13.8 Å². The van der Waals surface area contributed by atoms with Crippen molar-refractivity contribution in [3.05, 3.63) is 12.3 Å². The number of hydrogen-bond donors (Lipinski definition) is 1. The summed E-state index contributed by atoms with van der Waals surface area (Å²) in [4.78, 5) is 4.19. The Kier molecular flexibility index (Phi) is 5.42. The van der Waals surface area contributed by atoms with Crippen molar-refractivity contribution >= 4 is 28.3 Å². The summed E-state index contributed by atoms with van der Waals surface area (Å²) >= 11 is 0. The lowest BCUT2D eigenvalue weighted by molar-refractivity contribution is 0.00578. The Bertz CT molecular complexity index is 718. The first-order valence-electron chi connectivity index (χ1n) is 8.27. The first-order chi connectivity index (χ1) is 11.4. The molecule has 7 nitrogen and oxygen atoms in total. The molecular formula is C16H27BN2O5S. The Hall–Kier alpha value is -1.32. The summed E-state index contributed by atoms with van der Waals surface area (Å²) in [5.74, 6) is 0.215. The molecule has 1 aliphatic rings. The molecule has 0 spiro atoms. The van der Waals surface area contributed by atoms with Crippen LogP contribution in [0.2, 0.25) is 0 Å². The van der Waals surface area contributed by atoms with Gasteiger partial charge in [0.2, 0.25) is 15.9 Å². The van der Waals surface area contributed by atoms with E-state index in [0.717, 1.165) is 0 Å². The number of nitrogens with zero attached hydrogens (tertiary/aromatic N) is 1. The molecule has 1 N–H and O–H groups in total. The Morgan fingerprint density at radius 2 is 1.80 bits per heavy atom. The van der Waals surface area contributed by atoms with E-state index in [9.17, 15) is 8.42 Å². The van der Waals surface area contributed by atoms with Gasteiger partial charge in [-0.05, 0) is 39.7 Å². The average molecular weight is 370 g/mol. The average Bonchev–Trinajstić information content (AvgIpc) is 2.65. The lowest BCUT2D eigenvalue weighted by atomic mass is 9.80. The van der Waals surface area contributed by atoms with Gasteiger partial charge in [0.25, 0.3) is 0 Å². The molecule has 0 atom stereocenters. The molecule has 1 aromatic heterocycles. The van der Waals surface area contributed by atoms with Gasteiger partial charge in [0, 0.05) is 11.7 Å². The molecule has 9 heteroatoms. The van der Waals surface area contributed by atoms with Crippen LogP contribution in [0.25, 0.3) is 0 Å². The zero-order valence-corrected chi connectivity index (χ0v) is 16.7. The van der Waals surface area contributed by atoms with Crippen molar-refractivity contribution < 1.29 is 22.5 Å². The molecule has 1 aromatic rings. The summed E-state index contributed by atoms with van der Waals surface area (Å²) in [5, 5.41) is 0. The lowest BCUT2D eigenvalue weighted by Crippen LogP contribution is -2.41. The first kappa shape index (κ1) is 20.0. The minimum atomic E-state index is -3.50. The van der Waals surface area contributed by atoms with E-state index in [1.807, 2.05) is 41.5 Å². The molecule has 0 amide bonds. The maximum Gasteiger partial charge on any atom is 0.496 e. The molecule has 0 radical (unpaired) electrons. The molecule has 0 bridgehead atoms. The van der Waals surface area contributed by atoms with Crippen LogP contribution >= 0.6 is 0 Å². The van der Waals surface area contributed by atoms with Crippen LogP contribution in [-0.2, 0) is 19.3 Å². The molecule has 0 aromatic carbocycles. The van der Waals surface area contributed by atoms with E-state index < -0.39 is 28.3 Å². The number of ether oxygens (including phenoxy) is 1. The third kappa shape index (κ3) is 4.45. The molecule has 0 unspecified atom stereocenters. The quantitative estimate of drug-likeness (QED) is 0.769. The Labute approximate surface area is 150 Å². The molecule has 1 saturated heterocycles. The highest BCUT2D eigenvalue weighted by molar-refractivity contribution is 7.92. The second-order valence-corrected chi connectivity index (χ2v) is 9.46. The van der Waals surface area contributed by atoms with Crippen molar-refractivity contribution in [2.45, 2.75) is 52.7 Å². The fourth-order valence-corrected chi connectivity index (χ4v) is 3.90. The lowest BCUT2D eigenvalue weighted by Gasteiger charge is -2.32. The zero-order valence-electron chi connectivity index (χ0n) is 15.9. The number of hydrogen-bond acceptors (Lipinski definition) is 6. The van der Waals surface area contributed by atoms with E-state index >= 15 is 0 Å². The molecule has 1 fully saturated rings. The molecule has 0 aliphatic carbocycles. The highest BCUT2D eigenvalue weighted by atomic mass is 32.2. The molecule has 2 heterocycles. The van der Waals surface area contributed by atoms with Crippen LogP contribution in [0.5, 0.6) is 5.88 Å². The minimum absolute atomic E-state index is 0.00253. The predicted octanol–water partition coefficient (Wildman–Crippen LogP) is 1.79. The molecule has 25 heavy (non-hydrogen) atoms. The van der Waals surface area contributed by atoms with Gasteiger partial charge in [0.05, 0.1) is 24.1 Å². The maximum atomic E-state index is 12.3. The number of rotatable bonds is 6. The monoisotopic (exact) mass is 370 g/mol. The van der Waals surface area contributed by atoms with Gasteiger partial charge in [0.1, 0.15) is 5.69 Å². The summed E-state index contributed by atoms with van der Waals surface area (Å²) in [6, 6.07) is 1.64. The van der Waals surface area contributed by atoms with Crippen molar-refractivity contribution in [1.82, 2.24) is 4.98 Å². The van der Waals surface area contributed by atoms with Crippen molar-refractivity contribution in [2.75, 3.05) is 17.6 Å². The fraction of sp³-hybridized carbons (Fsp3) is 0.688. The smallest absolute Gasteiger partial charge is 0.480 e. The van der Waals surface area contributed by atoms with E-state index in [1.165, 1.54) is 7.11 Å². The largest absolute Gasteiger partial charge is 0.496 e. The Balaban J connectivity index is 2.32. The number of methoxy groups -OCH3 is 1. The van der Waals surface area contributed by atoms with Gasteiger partial charge in [-0.3, -0.25) is 4.72 Å². The van der Waals surface area contributed by atoms with Crippen LogP contribution < -0.4 is 14.9 Å². The summed E-state index contributed by atoms with van der Waals surface area (Å²) < 4.78 is 44.2. The summed E-state index contributed by atoms with van der Waals surface area (Å²) in [6.07, 6.45) is 1.57. The van der Waals surface area contributed by atoms with Gasteiger partial charge in [0.15, 0.2) is 0 Å². The van der Waals surface area contributed by atoms with E-state index in [2.05, 4.69) is 9.71 Å². The normalized spacial score (nSPS) is 19.3. The van der Waals surface area contributed by atoms with Crippen LogP contribution in [0, 0.1) is 5.92 Å². The van der Waals surface area contributed by atoms with Crippen LogP contribution in [0.15, 0.2) is 12.3 Å². The minimum Gasteiger partial charge on any atom is -0.480 e. The van der Waals surface area contributed by atoms with Gasteiger partial charge in [-0.15, -0.1) is 0 Å². The van der Waals surface area contributed by atoms with Crippen LogP contribution in [0.1, 0.15) is 41.5 Å². The number of sulfonamides is 1. The van der Waals surface area contributed by atoms with E-state index in [1.54, 1.807) is 12.3 Å². The SMILES string of the molecule is COc1ncc(B2OC(C)(C)C(C)(C)O2)cc1NS(=O)(=O)CC(C)C. The predicted molar refractivity (Wildman–Crippen MR) is 98.8 cm³/mol. The molecule has 140 valence electrons. The van der Waals surface area contributed by atoms with Crippen molar-refractivity contribution in [3.8, 4) is 5.88 Å². The van der Waals surface area contributed by atoms with Gasteiger partial charge in [-0.25, -0.2) is 13.4 Å². The summed E-state index contributed by atoms with van der Waals surface area (Å²) in [6.45, 7) is 11.5. The highest BCUT2D eigenvalue weighted by Gasteiger charge is 2.52. The highest BCUT2D eigenvalue weighted by Crippen LogP contribution is 2.36. The topological polar surface area (TPSA) is 86.8 Å². The second kappa shape index (κ2) is 6.77. The van der Waals surface area contributed by atoms with E-state index in [-0.39, 0.29) is 23.2 Å². The molecular weight excluding hydrogens is 343 g/mol. The number of pyridine rings is 1. The van der Waals surface area contributed by atoms with Crippen LogP contribution in [0.4, 0.5) is 5.69 Å². The summed E-state index contributed by atoms with van der Waals surface area (Å²) in [7, 11) is -2.69. The fourth-order valence-electron chi connectivity index (χ4n) is 2.46. The molecule has 0 saturated carbocycles. The third-order valence-corrected chi connectivity index (χ3v) is 6.05. The molecule has 1 aliphatic heterocycles. The maximum absolute atomic E-state index is 12.3. The van der Waals surface area contributed by atoms with Gasteiger partial charge in [-0.2, -0.15) is 0 Å². The number of nitrogens with one attached hydrogen (secondary N) is 1. The van der Waals surface area contributed by atoms with Crippen LogP contribution in [-0.4, -0.2) is 44.6 Å². The summed E-state index contributed by atoms with van der Waals surface area (Å²) in [5.41, 5.74) is -0.0823. The van der Waals surface area contributed by atoms with Crippen molar-refractivity contribution in [2.24, 2.45) is 5.92 Å². The van der Waals surface area contributed by atoms with Crippen molar-refractivity contribution in [1.29, 1.82) is 0 Å². The molecule has 2 rings (SSSR count). The van der Waals surface area contributed by atoms with Gasteiger partial charge < -0.3 is 14.0 Å². The van der Waals surface area contributed by atoms with Crippen molar-refractivity contribution in [3.63, 3.8) is 0 Å². The zero-order chi connectivity index (χ0) is 19.0. The third-order valence-electron chi connectivity index (χ3n) is 4.41. The van der Waals surface area contributed by atoms with E-state index in [4.69, 9.17) is 14.0 Å². The van der Waals surface area contributed by atoms with Crippen LogP contribution in [0.3, 0.4) is 0 Å². The first-order valence-corrected chi connectivity index (χ1v) is 9.92. The number of anilines is 1. The Morgan fingerprint density at radius 1 is 1.24 bits per heavy atom.